The van der Waals surface area contributed by atoms with E-state index in [1.165, 1.54) is 5.56 Å². The van der Waals surface area contributed by atoms with Crippen molar-refractivity contribution in [1.82, 2.24) is 10.6 Å². The predicted octanol–water partition coefficient (Wildman–Crippen LogP) is 3.10. The van der Waals surface area contributed by atoms with Crippen LogP contribution in [-0.2, 0) is 17.8 Å². The number of nitrogens with one attached hydrogen (secondary N) is 2. The number of rotatable bonds is 5. The van der Waals surface area contributed by atoms with Crippen molar-refractivity contribution in [2.24, 2.45) is 4.99 Å². The Hall–Kier alpha value is -2.29. The minimum Gasteiger partial charge on any atom is -0.488 e. The third kappa shape index (κ3) is 5.20. The molecule has 2 aliphatic heterocycles. The highest BCUT2D eigenvalue weighted by Gasteiger charge is 2.22. The molecule has 154 valence electrons. The van der Waals surface area contributed by atoms with Crippen LogP contribution in [0.3, 0.4) is 0 Å². The van der Waals surface area contributed by atoms with E-state index in [-0.39, 0.29) is 36.0 Å². The zero-order valence-corrected chi connectivity index (χ0v) is 18.9. The molecular formula is C22H27IN4O2. The minimum atomic E-state index is 0. The zero-order chi connectivity index (χ0) is 19.3. The summed E-state index contributed by atoms with van der Waals surface area (Å²) in [5.41, 5.74) is 3.38. The molecule has 29 heavy (non-hydrogen) atoms. The number of amides is 1. The topological polar surface area (TPSA) is 66.0 Å². The van der Waals surface area contributed by atoms with Gasteiger partial charge in [0.05, 0.1) is 6.54 Å². The average molecular weight is 506 g/mol. The molecule has 0 bridgehead atoms. The van der Waals surface area contributed by atoms with E-state index in [0.29, 0.717) is 19.5 Å². The molecule has 1 fully saturated rings. The third-order valence-electron chi connectivity index (χ3n) is 5.22. The number of hydrogen-bond donors (Lipinski definition) is 2. The molecule has 1 atom stereocenters. The Labute approximate surface area is 188 Å². The molecule has 1 saturated heterocycles. The van der Waals surface area contributed by atoms with E-state index in [4.69, 9.17) is 4.74 Å². The Morgan fingerprint density at radius 1 is 1.17 bits per heavy atom. The van der Waals surface area contributed by atoms with E-state index < -0.39 is 0 Å². The van der Waals surface area contributed by atoms with Gasteiger partial charge in [-0.3, -0.25) is 9.79 Å². The highest BCUT2D eigenvalue weighted by Crippen LogP contribution is 2.27. The van der Waals surface area contributed by atoms with Crippen LogP contribution in [0.2, 0.25) is 0 Å². The van der Waals surface area contributed by atoms with Crippen molar-refractivity contribution < 1.29 is 9.53 Å². The van der Waals surface area contributed by atoms with Gasteiger partial charge in [0.1, 0.15) is 11.9 Å². The van der Waals surface area contributed by atoms with Gasteiger partial charge in [0.25, 0.3) is 0 Å². The Kier molecular flexibility index (Phi) is 7.35. The number of carbonyl (C=O) groups is 1. The summed E-state index contributed by atoms with van der Waals surface area (Å²) in [7, 11) is 1.77. The summed E-state index contributed by atoms with van der Waals surface area (Å²) in [6.07, 6.45) is 2.63. The third-order valence-corrected chi connectivity index (χ3v) is 5.22. The quantitative estimate of drug-likeness (QED) is 0.372. The number of hydrogen-bond acceptors (Lipinski definition) is 3. The molecule has 1 amide bonds. The second-order valence-electron chi connectivity index (χ2n) is 7.17. The van der Waals surface area contributed by atoms with E-state index in [9.17, 15) is 4.79 Å². The van der Waals surface area contributed by atoms with E-state index in [0.717, 1.165) is 42.3 Å². The fraction of sp³-hybridized carbons (Fsp3) is 0.364. The van der Waals surface area contributed by atoms with Gasteiger partial charge in [-0.25, -0.2) is 0 Å². The van der Waals surface area contributed by atoms with Crippen LogP contribution in [0.1, 0.15) is 24.0 Å². The Morgan fingerprint density at radius 3 is 2.66 bits per heavy atom. The van der Waals surface area contributed by atoms with Crippen LogP contribution in [0.4, 0.5) is 5.69 Å². The van der Waals surface area contributed by atoms with E-state index >= 15 is 0 Å². The van der Waals surface area contributed by atoms with Crippen LogP contribution in [0.5, 0.6) is 5.75 Å². The molecule has 2 aromatic rings. The molecule has 7 heteroatoms. The van der Waals surface area contributed by atoms with Gasteiger partial charge < -0.3 is 20.3 Å². The van der Waals surface area contributed by atoms with Crippen molar-refractivity contribution in [2.75, 3.05) is 25.0 Å². The molecule has 0 spiro atoms. The van der Waals surface area contributed by atoms with Crippen molar-refractivity contribution in [3.05, 3.63) is 59.7 Å². The van der Waals surface area contributed by atoms with Crippen molar-refractivity contribution in [3.63, 3.8) is 0 Å². The second kappa shape index (κ2) is 9.96. The van der Waals surface area contributed by atoms with E-state index in [1.54, 1.807) is 7.05 Å². The summed E-state index contributed by atoms with van der Waals surface area (Å²) in [4.78, 5) is 18.0. The van der Waals surface area contributed by atoms with E-state index in [1.807, 2.05) is 35.2 Å². The molecular weight excluding hydrogens is 479 g/mol. The molecule has 0 aromatic heterocycles. The number of carbonyl (C=O) groups excluding carboxylic acids is 1. The maximum absolute atomic E-state index is 11.8. The summed E-state index contributed by atoms with van der Waals surface area (Å²) in [5, 5.41) is 6.67. The van der Waals surface area contributed by atoms with Crippen LogP contribution in [0.25, 0.3) is 0 Å². The molecule has 2 N–H and O–H groups in total. The van der Waals surface area contributed by atoms with Crippen LogP contribution in [0.15, 0.2) is 53.5 Å². The molecule has 1 unspecified atom stereocenters. The molecule has 0 radical (unpaired) electrons. The lowest BCUT2D eigenvalue weighted by Gasteiger charge is -2.17. The number of halogens is 1. The van der Waals surface area contributed by atoms with Crippen LogP contribution >= 0.6 is 24.0 Å². The molecule has 2 heterocycles. The number of para-hydroxylation sites is 1. The van der Waals surface area contributed by atoms with Crippen molar-refractivity contribution >= 4 is 41.5 Å². The molecule has 2 aromatic carbocycles. The molecule has 0 saturated carbocycles. The maximum atomic E-state index is 11.8. The van der Waals surface area contributed by atoms with Crippen molar-refractivity contribution in [2.45, 2.75) is 31.9 Å². The highest BCUT2D eigenvalue weighted by atomic mass is 127. The molecule has 0 aliphatic carbocycles. The lowest BCUT2D eigenvalue weighted by Crippen LogP contribution is -2.41. The maximum Gasteiger partial charge on any atom is 0.227 e. The van der Waals surface area contributed by atoms with Gasteiger partial charge >= 0.3 is 0 Å². The van der Waals surface area contributed by atoms with Crippen LogP contribution in [0, 0.1) is 0 Å². The zero-order valence-electron chi connectivity index (χ0n) is 16.6. The molecule has 6 nitrogen and oxygen atoms in total. The Bertz CT molecular complexity index is 844. The highest BCUT2D eigenvalue weighted by molar-refractivity contribution is 14.0. The number of nitrogens with zero attached hydrogens (tertiary/aromatic N) is 2. The summed E-state index contributed by atoms with van der Waals surface area (Å²) in [6.45, 7) is 2.18. The number of guanidine groups is 1. The van der Waals surface area contributed by atoms with Gasteiger partial charge in [-0.15, -0.1) is 24.0 Å². The summed E-state index contributed by atoms with van der Waals surface area (Å²) >= 11 is 0. The first-order chi connectivity index (χ1) is 13.7. The lowest BCUT2D eigenvalue weighted by atomic mass is 10.1. The van der Waals surface area contributed by atoms with Gasteiger partial charge in [0.2, 0.25) is 5.91 Å². The first-order valence-electron chi connectivity index (χ1n) is 9.81. The SMILES string of the molecule is CN=C(NCc1ccc(N2CCCC2=O)cc1)NCC1Cc2ccccc2O1.I. The smallest absolute Gasteiger partial charge is 0.227 e. The Balaban J connectivity index is 0.00000240. The van der Waals surface area contributed by atoms with Gasteiger partial charge in [-0.05, 0) is 35.7 Å². The van der Waals surface area contributed by atoms with Gasteiger partial charge in [-0.2, -0.15) is 0 Å². The van der Waals surface area contributed by atoms with Crippen molar-refractivity contribution in [3.8, 4) is 5.75 Å². The van der Waals surface area contributed by atoms with Crippen LogP contribution < -0.4 is 20.3 Å². The standard InChI is InChI=1S/C22H26N4O2.HI/c1-23-22(25-15-19-13-17-5-2-3-6-20(17)28-19)24-14-16-8-10-18(11-9-16)26-12-4-7-21(26)27;/h2-3,5-6,8-11,19H,4,7,12-15H2,1H3,(H2,23,24,25);1H. The average Bonchev–Trinajstić information content (AvgIpc) is 3.34. The lowest BCUT2D eigenvalue weighted by molar-refractivity contribution is -0.117. The first kappa shape index (κ1) is 21.4. The van der Waals surface area contributed by atoms with Crippen LogP contribution in [-0.4, -0.2) is 38.1 Å². The Morgan fingerprint density at radius 2 is 1.97 bits per heavy atom. The fourth-order valence-corrected chi connectivity index (χ4v) is 3.70. The largest absolute Gasteiger partial charge is 0.488 e. The second-order valence-corrected chi connectivity index (χ2v) is 7.17. The molecule has 2 aliphatic rings. The number of ether oxygens (including phenoxy) is 1. The normalized spacial score (nSPS) is 18.1. The number of aliphatic imine (C=N–C) groups is 1. The monoisotopic (exact) mass is 506 g/mol. The van der Waals surface area contributed by atoms with Gasteiger partial charge in [0.15, 0.2) is 5.96 Å². The van der Waals surface area contributed by atoms with Crippen molar-refractivity contribution in [1.29, 1.82) is 0 Å². The minimum absolute atomic E-state index is 0. The number of fused-ring (bicyclic) bond motifs is 1. The summed E-state index contributed by atoms with van der Waals surface area (Å²) in [5.74, 6) is 1.94. The molecule has 4 rings (SSSR count). The van der Waals surface area contributed by atoms with Gasteiger partial charge in [0, 0.05) is 38.7 Å². The van der Waals surface area contributed by atoms with E-state index in [2.05, 4.69) is 33.8 Å². The fourth-order valence-electron chi connectivity index (χ4n) is 3.70. The summed E-state index contributed by atoms with van der Waals surface area (Å²) < 4.78 is 5.96. The first-order valence-corrected chi connectivity index (χ1v) is 9.81. The van der Waals surface area contributed by atoms with Gasteiger partial charge in [-0.1, -0.05) is 30.3 Å². The summed E-state index contributed by atoms with van der Waals surface area (Å²) in [6, 6.07) is 16.3. The number of anilines is 1. The predicted molar refractivity (Wildman–Crippen MR) is 126 cm³/mol. The number of benzene rings is 2.